The van der Waals surface area contributed by atoms with Crippen molar-refractivity contribution in [2.45, 2.75) is 39.5 Å². The van der Waals surface area contributed by atoms with Crippen molar-refractivity contribution in [1.82, 2.24) is 0 Å². The Morgan fingerprint density at radius 1 is 0.833 bits per heavy atom. The summed E-state index contributed by atoms with van der Waals surface area (Å²) in [6.07, 6.45) is 5.30. The summed E-state index contributed by atoms with van der Waals surface area (Å²) in [6, 6.07) is 0. The van der Waals surface area contributed by atoms with Crippen LogP contribution in [0.15, 0.2) is 10.8 Å². The van der Waals surface area contributed by atoms with Crippen LogP contribution in [-0.2, 0) is 0 Å². The molecule has 0 atom stereocenters. The Morgan fingerprint density at radius 3 is 1.58 bits per heavy atom. The zero-order valence-electron chi connectivity index (χ0n) is 8.21. The van der Waals surface area contributed by atoms with E-state index in [1.165, 1.54) is 37.2 Å². The van der Waals surface area contributed by atoms with Crippen LogP contribution in [0.25, 0.3) is 0 Å². The molecule has 0 aromatic carbocycles. The molecule has 0 spiro atoms. The van der Waals surface area contributed by atoms with Gasteiger partial charge < -0.3 is 0 Å². The first-order valence-electron chi connectivity index (χ1n) is 4.80. The summed E-state index contributed by atoms with van der Waals surface area (Å²) < 4.78 is 0. The van der Waals surface area contributed by atoms with Crippen molar-refractivity contribution in [3.63, 3.8) is 0 Å². The van der Waals surface area contributed by atoms with Crippen molar-refractivity contribution >= 4 is 23.5 Å². The van der Waals surface area contributed by atoms with Gasteiger partial charge in [0.1, 0.15) is 0 Å². The van der Waals surface area contributed by atoms with E-state index in [0.29, 0.717) is 0 Å². The van der Waals surface area contributed by atoms with E-state index < -0.39 is 0 Å². The van der Waals surface area contributed by atoms with Gasteiger partial charge in [0, 0.05) is 0 Å². The molecule has 0 amide bonds. The third kappa shape index (κ3) is 10.4. The van der Waals surface area contributed by atoms with Gasteiger partial charge in [0.15, 0.2) is 0 Å². The molecule has 0 bridgehead atoms. The average Bonchev–Trinajstić information content (AvgIpc) is 2.10. The molecular weight excluding hydrogens is 184 g/mol. The minimum absolute atomic E-state index is 1.28. The molecule has 0 aliphatic heterocycles. The third-order valence-corrected chi connectivity index (χ3v) is 3.36. The zero-order valence-corrected chi connectivity index (χ0v) is 9.85. The lowest BCUT2D eigenvalue weighted by Crippen LogP contribution is -1.73. The molecule has 12 heavy (non-hydrogen) atoms. The fraction of sp³-hybridized carbons (Fsp3) is 0.800. The number of unbranched alkanes of at least 4 members (excludes halogenated alkanes) is 2. The molecule has 0 aromatic heterocycles. The number of hydrogen-bond acceptors (Lipinski definition) is 2. The van der Waals surface area contributed by atoms with Crippen molar-refractivity contribution in [3.05, 3.63) is 10.8 Å². The summed E-state index contributed by atoms with van der Waals surface area (Å²) in [5, 5.41) is 4.46. The Labute approximate surface area is 85.6 Å². The zero-order chi connectivity index (χ0) is 9.07. The van der Waals surface area contributed by atoms with Crippen molar-refractivity contribution in [3.8, 4) is 0 Å². The molecule has 0 radical (unpaired) electrons. The molecule has 0 unspecified atom stereocenters. The fourth-order valence-corrected chi connectivity index (χ4v) is 2.48. The fourth-order valence-electron chi connectivity index (χ4n) is 0.670. The maximum atomic E-state index is 2.24. The summed E-state index contributed by atoms with van der Waals surface area (Å²) in [7, 11) is 0. The number of hydrogen-bond donors (Lipinski definition) is 0. The normalized spacial score (nSPS) is 11.2. The van der Waals surface area contributed by atoms with Crippen LogP contribution < -0.4 is 0 Å². The van der Waals surface area contributed by atoms with Crippen LogP contribution in [0.4, 0.5) is 0 Å². The molecule has 0 aliphatic carbocycles. The molecule has 0 saturated carbocycles. The standard InChI is InChI=1S/C10H20S2/c1-3-5-7-11-9-10-12-8-6-4-2/h9-10H,3-8H2,1-2H3/b10-9+. The molecule has 0 aromatic rings. The first kappa shape index (κ1) is 12.4. The van der Waals surface area contributed by atoms with Crippen LogP contribution in [0.3, 0.4) is 0 Å². The van der Waals surface area contributed by atoms with Crippen LogP contribution in [0.5, 0.6) is 0 Å². The van der Waals surface area contributed by atoms with E-state index in [2.05, 4.69) is 24.7 Å². The molecule has 2 heteroatoms. The lowest BCUT2D eigenvalue weighted by atomic mass is 10.4. The summed E-state index contributed by atoms with van der Waals surface area (Å²) in [4.78, 5) is 0. The van der Waals surface area contributed by atoms with Crippen LogP contribution in [0.1, 0.15) is 39.5 Å². The van der Waals surface area contributed by atoms with Gasteiger partial charge >= 0.3 is 0 Å². The van der Waals surface area contributed by atoms with E-state index >= 15 is 0 Å². The van der Waals surface area contributed by atoms with Crippen molar-refractivity contribution < 1.29 is 0 Å². The quantitative estimate of drug-likeness (QED) is 0.533. The van der Waals surface area contributed by atoms with E-state index in [9.17, 15) is 0 Å². The smallest absolute Gasteiger partial charge is 0.00259 e. The minimum Gasteiger partial charge on any atom is -0.134 e. The van der Waals surface area contributed by atoms with E-state index in [0.717, 1.165) is 0 Å². The van der Waals surface area contributed by atoms with Gasteiger partial charge in [-0.25, -0.2) is 0 Å². The van der Waals surface area contributed by atoms with Crippen LogP contribution in [0.2, 0.25) is 0 Å². The first-order chi connectivity index (χ1) is 5.91. The number of thioether (sulfide) groups is 2. The number of rotatable bonds is 8. The highest BCUT2D eigenvalue weighted by Crippen LogP contribution is 2.11. The van der Waals surface area contributed by atoms with Gasteiger partial charge in [-0.3, -0.25) is 0 Å². The second-order valence-electron chi connectivity index (χ2n) is 2.72. The average molecular weight is 204 g/mol. The summed E-state index contributed by atoms with van der Waals surface area (Å²) in [5.74, 6) is 2.56. The Hall–Kier alpha value is 0.440. The van der Waals surface area contributed by atoms with E-state index in [4.69, 9.17) is 0 Å². The monoisotopic (exact) mass is 204 g/mol. The predicted octanol–water partition coefficient (Wildman–Crippen LogP) is 4.52. The predicted molar refractivity (Wildman–Crippen MR) is 63.9 cm³/mol. The van der Waals surface area contributed by atoms with Crippen molar-refractivity contribution in [2.75, 3.05) is 11.5 Å². The first-order valence-corrected chi connectivity index (χ1v) is 6.89. The van der Waals surface area contributed by atoms with Gasteiger partial charge in [0.25, 0.3) is 0 Å². The summed E-state index contributed by atoms with van der Waals surface area (Å²) in [6.45, 7) is 4.47. The second kappa shape index (κ2) is 11.4. The highest BCUT2D eigenvalue weighted by atomic mass is 32.2. The Kier molecular flexibility index (Phi) is 11.9. The molecule has 0 heterocycles. The maximum absolute atomic E-state index is 2.24. The summed E-state index contributed by atoms with van der Waals surface area (Å²) in [5.41, 5.74) is 0. The lowest BCUT2D eigenvalue weighted by Gasteiger charge is -1.93. The molecule has 72 valence electrons. The van der Waals surface area contributed by atoms with E-state index in [1.54, 1.807) is 0 Å². The lowest BCUT2D eigenvalue weighted by molar-refractivity contribution is 0.897. The highest BCUT2D eigenvalue weighted by molar-refractivity contribution is 8.05. The molecular formula is C10H20S2. The topological polar surface area (TPSA) is 0 Å². The Morgan fingerprint density at radius 2 is 1.25 bits per heavy atom. The van der Waals surface area contributed by atoms with Gasteiger partial charge in [-0.2, -0.15) is 0 Å². The highest BCUT2D eigenvalue weighted by Gasteiger charge is 1.83. The van der Waals surface area contributed by atoms with Crippen LogP contribution in [0, 0.1) is 0 Å². The van der Waals surface area contributed by atoms with E-state index in [-0.39, 0.29) is 0 Å². The summed E-state index contributed by atoms with van der Waals surface area (Å²) >= 11 is 3.87. The van der Waals surface area contributed by atoms with Crippen molar-refractivity contribution in [1.29, 1.82) is 0 Å². The van der Waals surface area contributed by atoms with Crippen LogP contribution >= 0.6 is 23.5 Å². The van der Waals surface area contributed by atoms with E-state index in [1.807, 2.05) is 23.5 Å². The van der Waals surface area contributed by atoms with Crippen LogP contribution in [-0.4, -0.2) is 11.5 Å². The molecule has 0 fully saturated rings. The minimum atomic E-state index is 1.28. The van der Waals surface area contributed by atoms with Gasteiger partial charge in [0.2, 0.25) is 0 Å². The Balaban J connectivity index is 2.93. The second-order valence-corrected chi connectivity index (χ2v) is 4.75. The molecule has 0 N–H and O–H groups in total. The molecule has 0 rings (SSSR count). The van der Waals surface area contributed by atoms with Crippen molar-refractivity contribution in [2.24, 2.45) is 0 Å². The third-order valence-electron chi connectivity index (χ3n) is 1.48. The molecule has 0 aliphatic rings. The van der Waals surface area contributed by atoms with Gasteiger partial charge in [0.05, 0.1) is 0 Å². The van der Waals surface area contributed by atoms with Gasteiger partial charge in [-0.05, 0) is 35.2 Å². The SMILES string of the molecule is CCCCS/C=C/SCCCC. The largest absolute Gasteiger partial charge is 0.134 e. The molecule has 0 nitrogen and oxygen atoms in total. The van der Waals surface area contributed by atoms with Gasteiger partial charge in [-0.15, -0.1) is 23.5 Å². The Bertz CT molecular complexity index is 88.0. The molecule has 0 saturated heterocycles. The van der Waals surface area contributed by atoms with Gasteiger partial charge in [-0.1, -0.05) is 26.7 Å². The maximum Gasteiger partial charge on any atom is -0.00259 e.